The molecule has 1 saturated heterocycles. The highest BCUT2D eigenvalue weighted by molar-refractivity contribution is 9.09. The summed E-state index contributed by atoms with van der Waals surface area (Å²) < 4.78 is 4.47. The second-order valence-electron chi connectivity index (χ2n) is 3.28. The predicted molar refractivity (Wildman–Crippen MR) is 57.4 cm³/mol. The van der Waals surface area contributed by atoms with E-state index in [0.717, 1.165) is 0 Å². The van der Waals surface area contributed by atoms with Crippen LogP contribution in [0.3, 0.4) is 0 Å². The fourth-order valence-corrected chi connectivity index (χ4v) is 1.99. The molecule has 1 fully saturated rings. The molecule has 1 aromatic heterocycles. The number of nitrogens with zero attached hydrogens (tertiary/aromatic N) is 3. The Morgan fingerprint density at radius 1 is 1.69 bits per heavy atom. The van der Waals surface area contributed by atoms with Crippen LogP contribution in [0.2, 0.25) is 0 Å². The average Bonchev–Trinajstić information content (AvgIpc) is 2.83. The van der Waals surface area contributed by atoms with E-state index in [1.807, 2.05) is 0 Å². The number of aromatic amines is 1. The van der Waals surface area contributed by atoms with Crippen LogP contribution in [0.1, 0.15) is 17.0 Å². The van der Waals surface area contributed by atoms with Gasteiger partial charge in [0.15, 0.2) is 0 Å². The summed E-state index contributed by atoms with van der Waals surface area (Å²) in [5.74, 6) is -0.492. The van der Waals surface area contributed by atoms with Crippen LogP contribution in [-0.2, 0) is 9.53 Å². The lowest BCUT2D eigenvalue weighted by Gasteiger charge is -2.09. The number of aromatic nitrogens is 3. The van der Waals surface area contributed by atoms with Crippen molar-refractivity contribution in [3.63, 3.8) is 0 Å². The van der Waals surface area contributed by atoms with E-state index in [4.69, 9.17) is 0 Å². The molecular weight excluding hydrogens is 280 g/mol. The highest BCUT2D eigenvalue weighted by Gasteiger charge is 2.31. The lowest BCUT2D eigenvalue weighted by molar-refractivity contribution is -0.117. The van der Waals surface area contributed by atoms with E-state index in [2.05, 4.69) is 35.8 Å². The molecule has 1 N–H and O–H groups in total. The Kier molecular flexibility index (Phi) is 2.90. The van der Waals surface area contributed by atoms with Gasteiger partial charge in [0, 0.05) is 17.8 Å². The predicted octanol–water partition coefficient (Wildman–Crippen LogP) is 0.0915. The minimum Gasteiger partial charge on any atom is -0.463 e. The number of halogens is 1. The number of amides is 1. The van der Waals surface area contributed by atoms with Crippen molar-refractivity contribution < 1.29 is 14.3 Å². The first-order valence-electron chi connectivity index (χ1n) is 4.57. The number of hydrogen-bond acceptors (Lipinski definition) is 5. The molecule has 1 aromatic rings. The summed E-state index contributed by atoms with van der Waals surface area (Å²) in [5.41, 5.74) is 0. The van der Waals surface area contributed by atoms with E-state index in [1.165, 1.54) is 12.0 Å². The number of ether oxygens (including phenoxy) is 1. The molecule has 0 spiro atoms. The van der Waals surface area contributed by atoms with Crippen LogP contribution in [-0.4, -0.2) is 45.5 Å². The maximum atomic E-state index is 11.5. The summed E-state index contributed by atoms with van der Waals surface area (Å²) in [6.07, 6.45) is 0.405. The molecule has 1 atom stereocenters. The van der Waals surface area contributed by atoms with Gasteiger partial charge in [0.1, 0.15) is 0 Å². The first-order chi connectivity index (χ1) is 7.61. The number of esters is 1. The summed E-state index contributed by atoms with van der Waals surface area (Å²) in [4.78, 5) is 28.0. The monoisotopic (exact) mass is 288 g/mol. The molecule has 1 amide bonds. The summed E-state index contributed by atoms with van der Waals surface area (Å²) in [6, 6.07) is 0. The highest BCUT2D eigenvalue weighted by atomic mass is 79.9. The maximum Gasteiger partial charge on any atom is 0.375 e. The second kappa shape index (κ2) is 4.20. The van der Waals surface area contributed by atoms with E-state index in [-0.39, 0.29) is 22.5 Å². The van der Waals surface area contributed by atoms with Gasteiger partial charge in [-0.25, -0.2) is 4.79 Å². The van der Waals surface area contributed by atoms with E-state index in [9.17, 15) is 9.59 Å². The molecule has 0 aromatic carbocycles. The molecule has 0 saturated carbocycles. The highest BCUT2D eigenvalue weighted by Crippen LogP contribution is 2.22. The van der Waals surface area contributed by atoms with Crippen molar-refractivity contribution in [1.82, 2.24) is 15.2 Å². The van der Waals surface area contributed by atoms with Crippen molar-refractivity contribution in [2.45, 2.75) is 11.2 Å². The molecule has 2 rings (SSSR count). The number of carbonyl (C=O) groups excluding carboxylic acids is 2. The number of methoxy groups -OCH3 is 1. The quantitative estimate of drug-likeness (QED) is 0.616. The average molecular weight is 289 g/mol. The summed E-state index contributed by atoms with van der Waals surface area (Å²) in [7, 11) is 1.25. The Morgan fingerprint density at radius 2 is 2.44 bits per heavy atom. The van der Waals surface area contributed by atoms with Gasteiger partial charge in [0.2, 0.25) is 11.7 Å². The molecule has 8 heteroatoms. The molecule has 7 nitrogen and oxygen atoms in total. The van der Waals surface area contributed by atoms with Crippen molar-refractivity contribution in [2.24, 2.45) is 0 Å². The van der Waals surface area contributed by atoms with Gasteiger partial charge < -0.3 is 4.74 Å². The number of anilines is 1. The van der Waals surface area contributed by atoms with E-state index in [1.54, 1.807) is 0 Å². The molecule has 1 aliphatic heterocycles. The zero-order valence-electron chi connectivity index (χ0n) is 8.44. The van der Waals surface area contributed by atoms with E-state index in [0.29, 0.717) is 13.0 Å². The Morgan fingerprint density at radius 3 is 3.00 bits per heavy atom. The van der Waals surface area contributed by atoms with Gasteiger partial charge in [-0.3, -0.25) is 14.8 Å². The van der Waals surface area contributed by atoms with Crippen LogP contribution in [0.15, 0.2) is 0 Å². The Bertz CT molecular complexity index is 433. The third kappa shape index (κ3) is 1.92. The summed E-state index contributed by atoms with van der Waals surface area (Å²) >= 11 is 3.35. The normalized spacial score (nSPS) is 20.2. The van der Waals surface area contributed by atoms with Crippen molar-refractivity contribution in [3.05, 3.63) is 5.82 Å². The molecule has 1 unspecified atom stereocenters. The number of hydrogen-bond donors (Lipinski definition) is 1. The van der Waals surface area contributed by atoms with Crippen molar-refractivity contribution in [1.29, 1.82) is 0 Å². The van der Waals surface area contributed by atoms with Gasteiger partial charge >= 0.3 is 5.97 Å². The van der Waals surface area contributed by atoms with Crippen LogP contribution in [0.5, 0.6) is 0 Å². The molecule has 2 heterocycles. The van der Waals surface area contributed by atoms with Crippen LogP contribution in [0, 0.1) is 0 Å². The van der Waals surface area contributed by atoms with Crippen LogP contribution >= 0.6 is 15.9 Å². The Labute approximate surface area is 99.3 Å². The number of rotatable bonds is 2. The van der Waals surface area contributed by atoms with Gasteiger partial charge in [0.05, 0.1) is 7.11 Å². The van der Waals surface area contributed by atoms with Gasteiger partial charge in [-0.2, -0.15) is 4.98 Å². The number of nitrogens with one attached hydrogen (secondary N) is 1. The Hall–Kier alpha value is -1.44. The zero-order valence-corrected chi connectivity index (χ0v) is 10.0. The molecule has 86 valence electrons. The lowest BCUT2D eigenvalue weighted by Crippen LogP contribution is -2.25. The standard InChI is InChI=1S/C8H9BrN4O3/c1-16-7(15)6-10-8(12-11-6)13-3-4(9)2-5(13)14/h4H,2-3H2,1H3,(H,10,11,12). The van der Waals surface area contributed by atoms with Gasteiger partial charge in [-0.15, -0.1) is 5.10 Å². The minimum atomic E-state index is -0.610. The molecular formula is C8H9BrN4O3. The first-order valence-corrected chi connectivity index (χ1v) is 5.48. The number of H-pyrrole nitrogens is 1. The Balaban J connectivity index is 2.19. The minimum absolute atomic E-state index is 0.0108. The van der Waals surface area contributed by atoms with E-state index >= 15 is 0 Å². The molecule has 0 radical (unpaired) electrons. The summed E-state index contributed by atoms with van der Waals surface area (Å²) in [5, 5.41) is 6.22. The van der Waals surface area contributed by atoms with E-state index < -0.39 is 5.97 Å². The lowest BCUT2D eigenvalue weighted by atomic mass is 10.4. The SMILES string of the molecule is COC(=O)c1nc(N2CC(Br)CC2=O)n[nH]1. The van der Waals surface area contributed by atoms with Crippen LogP contribution < -0.4 is 4.90 Å². The maximum absolute atomic E-state index is 11.5. The molecule has 0 aliphatic carbocycles. The van der Waals surface area contributed by atoms with Crippen molar-refractivity contribution in [2.75, 3.05) is 18.6 Å². The third-order valence-corrected chi connectivity index (χ3v) is 2.78. The van der Waals surface area contributed by atoms with Crippen molar-refractivity contribution >= 4 is 33.8 Å². The van der Waals surface area contributed by atoms with Gasteiger partial charge in [-0.05, 0) is 0 Å². The molecule has 1 aliphatic rings. The smallest absolute Gasteiger partial charge is 0.375 e. The molecule has 0 bridgehead atoms. The zero-order chi connectivity index (χ0) is 11.7. The van der Waals surface area contributed by atoms with Gasteiger partial charge in [0.25, 0.3) is 5.95 Å². The fourth-order valence-electron chi connectivity index (χ4n) is 1.42. The largest absolute Gasteiger partial charge is 0.463 e. The van der Waals surface area contributed by atoms with Crippen molar-refractivity contribution in [3.8, 4) is 0 Å². The van der Waals surface area contributed by atoms with Crippen LogP contribution in [0.4, 0.5) is 5.95 Å². The third-order valence-electron chi connectivity index (χ3n) is 2.17. The van der Waals surface area contributed by atoms with Crippen LogP contribution in [0.25, 0.3) is 0 Å². The fraction of sp³-hybridized carbons (Fsp3) is 0.500. The molecule has 16 heavy (non-hydrogen) atoms. The second-order valence-corrected chi connectivity index (χ2v) is 4.58. The number of carbonyl (C=O) groups is 2. The topological polar surface area (TPSA) is 88.2 Å². The van der Waals surface area contributed by atoms with Gasteiger partial charge in [-0.1, -0.05) is 15.9 Å². The summed E-state index contributed by atoms with van der Waals surface area (Å²) in [6.45, 7) is 0.497. The first kappa shape index (κ1) is 11.1. The number of alkyl halides is 1.